The molecule has 5 nitrogen and oxygen atoms in total. The first-order valence-electron chi connectivity index (χ1n) is 7.79. The van der Waals surface area contributed by atoms with E-state index in [1.54, 1.807) is 43.3 Å². The third-order valence-electron chi connectivity index (χ3n) is 4.46. The molecule has 2 unspecified atom stereocenters. The minimum atomic E-state index is -3.28. The van der Waals surface area contributed by atoms with Crippen LogP contribution in [0.3, 0.4) is 0 Å². The summed E-state index contributed by atoms with van der Waals surface area (Å²) in [6.07, 6.45) is 0.343. The van der Waals surface area contributed by atoms with E-state index in [1.165, 1.54) is 0 Å². The van der Waals surface area contributed by atoms with Crippen molar-refractivity contribution in [2.24, 2.45) is 5.73 Å². The Hall–Kier alpha value is -1.89. The van der Waals surface area contributed by atoms with Crippen molar-refractivity contribution in [1.29, 1.82) is 0 Å². The zero-order valence-corrected chi connectivity index (χ0v) is 15.4. The van der Waals surface area contributed by atoms with E-state index in [4.69, 9.17) is 5.73 Å². The molecule has 2 aromatic rings. The molecular formula is C18H21ClN2O3S. The quantitative estimate of drug-likeness (QED) is 0.855. The molecule has 2 atom stereocenters. The van der Waals surface area contributed by atoms with Crippen LogP contribution in [0.2, 0.25) is 0 Å². The van der Waals surface area contributed by atoms with Gasteiger partial charge in [0.25, 0.3) is 0 Å². The third-order valence-corrected chi connectivity index (χ3v) is 6.27. The number of benzene rings is 2. The standard InChI is InChI=1S/C18H20N2O3S.ClH/c1-18(19,13-7-3-2-4-8-13)17(21)20-15-11-12-24(22,23)16-10-6-5-9-14(15)16;/h2-10,15H,11-12,19H2,1H3,(H,20,21);1H. The molecule has 0 spiro atoms. The minimum Gasteiger partial charge on any atom is -0.347 e. The maximum absolute atomic E-state index is 12.7. The van der Waals surface area contributed by atoms with Gasteiger partial charge in [-0.1, -0.05) is 48.5 Å². The third kappa shape index (κ3) is 3.71. The smallest absolute Gasteiger partial charge is 0.244 e. The van der Waals surface area contributed by atoms with E-state index >= 15 is 0 Å². The van der Waals surface area contributed by atoms with E-state index in [9.17, 15) is 13.2 Å². The van der Waals surface area contributed by atoms with Crippen molar-refractivity contribution in [3.8, 4) is 0 Å². The number of carbonyl (C=O) groups is 1. The van der Waals surface area contributed by atoms with Crippen molar-refractivity contribution in [2.75, 3.05) is 5.75 Å². The van der Waals surface area contributed by atoms with Crippen LogP contribution in [0.1, 0.15) is 30.5 Å². The van der Waals surface area contributed by atoms with Crippen molar-refractivity contribution in [1.82, 2.24) is 5.32 Å². The van der Waals surface area contributed by atoms with Crippen molar-refractivity contribution in [3.05, 3.63) is 65.7 Å². The Labute approximate surface area is 154 Å². The molecule has 1 aliphatic rings. The lowest BCUT2D eigenvalue weighted by Gasteiger charge is -2.30. The Balaban J connectivity index is 0.00000225. The van der Waals surface area contributed by atoms with Gasteiger partial charge in [-0.15, -0.1) is 12.4 Å². The second-order valence-corrected chi connectivity index (χ2v) is 8.32. The van der Waals surface area contributed by atoms with Gasteiger partial charge in [0.1, 0.15) is 5.54 Å². The molecule has 3 rings (SSSR count). The number of nitrogens with two attached hydrogens (primary N) is 1. The normalized spacial score (nSPS) is 20.5. The van der Waals surface area contributed by atoms with Crippen LogP contribution in [0.4, 0.5) is 0 Å². The van der Waals surface area contributed by atoms with Crippen LogP contribution >= 0.6 is 12.4 Å². The van der Waals surface area contributed by atoms with Gasteiger partial charge in [-0.05, 0) is 30.5 Å². The lowest BCUT2D eigenvalue weighted by atomic mass is 9.91. The summed E-state index contributed by atoms with van der Waals surface area (Å²) in [6, 6.07) is 15.6. The van der Waals surface area contributed by atoms with Crippen LogP contribution in [0.25, 0.3) is 0 Å². The van der Waals surface area contributed by atoms with Gasteiger partial charge in [-0.3, -0.25) is 4.79 Å². The Kier molecular flexibility index (Phi) is 5.56. The highest BCUT2D eigenvalue weighted by molar-refractivity contribution is 7.91. The molecule has 2 aromatic carbocycles. The average molecular weight is 381 g/mol. The summed E-state index contributed by atoms with van der Waals surface area (Å²) in [5, 5.41) is 2.92. The van der Waals surface area contributed by atoms with Crippen LogP contribution in [0.5, 0.6) is 0 Å². The van der Waals surface area contributed by atoms with Gasteiger partial charge in [0.05, 0.1) is 16.7 Å². The first-order chi connectivity index (χ1) is 11.3. The van der Waals surface area contributed by atoms with E-state index in [-0.39, 0.29) is 30.1 Å². The molecule has 0 fully saturated rings. The van der Waals surface area contributed by atoms with Gasteiger partial charge < -0.3 is 11.1 Å². The predicted molar refractivity (Wildman–Crippen MR) is 99.2 cm³/mol. The van der Waals surface area contributed by atoms with Crippen LogP contribution in [0, 0.1) is 0 Å². The molecule has 0 bridgehead atoms. The lowest BCUT2D eigenvalue weighted by Crippen LogP contribution is -2.50. The number of halogens is 1. The number of nitrogens with one attached hydrogen (secondary N) is 1. The molecule has 0 saturated carbocycles. The van der Waals surface area contributed by atoms with Gasteiger partial charge in [0, 0.05) is 0 Å². The molecule has 0 saturated heterocycles. The molecule has 0 aliphatic carbocycles. The maximum Gasteiger partial charge on any atom is 0.244 e. The van der Waals surface area contributed by atoms with Crippen molar-refractivity contribution < 1.29 is 13.2 Å². The van der Waals surface area contributed by atoms with Gasteiger partial charge in [-0.2, -0.15) is 0 Å². The summed E-state index contributed by atoms with van der Waals surface area (Å²) in [5.74, 6) is -0.311. The Morgan fingerprint density at radius 3 is 2.40 bits per heavy atom. The molecule has 3 N–H and O–H groups in total. The summed E-state index contributed by atoms with van der Waals surface area (Å²) in [5.41, 5.74) is 6.39. The van der Waals surface area contributed by atoms with E-state index < -0.39 is 15.4 Å². The molecule has 1 aliphatic heterocycles. The number of rotatable bonds is 3. The predicted octanol–water partition coefficient (Wildman–Crippen LogP) is 2.32. The first-order valence-corrected chi connectivity index (χ1v) is 9.44. The topological polar surface area (TPSA) is 89.3 Å². The van der Waals surface area contributed by atoms with E-state index in [0.717, 1.165) is 0 Å². The second-order valence-electron chi connectivity index (χ2n) is 6.24. The monoisotopic (exact) mass is 380 g/mol. The summed E-state index contributed by atoms with van der Waals surface area (Å²) >= 11 is 0. The van der Waals surface area contributed by atoms with Gasteiger partial charge in [-0.25, -0.2) is 8.42 Å². The van der Waals surface area contributed by atoms with Crippen LogP contribution in [0.15, 0.2) is 59.5 Å². The second kappa shape index (κ2) is 7.15. The number of sulfone groups is 1. The van der Waals surface area contributed by atoms with Crippen molar-refractivity contribution in [3.63, 3.8) is 0 Å². The fourth-order valence-electron chi connectivity index (χ4n) is 2.96. The Bertz CT molecular complexity index is 867. The minimum absolute atomic E-state index is 0. The SMILES string of the molecule is CC(N)(C(=O)NC1CCS(=O)(=O)c2ccccc21)c1ccccc1.Cl. The summed E-state index contributed by atoms with van der Waals surface area (Å²) in [7, 11) is -3.28. The highest BCUT2D eigenvalue weighted by atomic mass is 35.5. The molecule has 134 valence electrons. The summed E-state index contributed by atoms with van der Waals surface area (Å²) in [4.78, 5) is 13.0. The number of carbonyl (C=O) groups excluding carboxylic acids is 1. The molecule has 7 heteroatoms. The van der Waals surface area contributed by atoms with E-state index in [2.05, 4.69) is 5.32 Å². The highest BCUT2D eigenvalue weighted by Gasteiger charge is 2.35. The molecule has 1 amide bonds. The first kappa shape index (κ1) is 19.4. The van der Waals surface area contributed by atoms with E-state index in [0.29, 0.717) is 22.4 Å². The highest BCUT2D eigenvalue weighted by Crippen LogP contribution is 2.32. The Morgan fingerprint density at radius 2 is 1.72 bits per heavy atom. The average Bonchev–Trinajstić information content (AvgIpc) is 2.58. The van der Waals surface area contributed by atoms with Crippen LogP contribution in [-0.2, 0) is 20.2 Å². The van der Waals surface area contributed by atoms with Crippen LogP contribution < -0.4 is 11.1 Å². The summed E-state index contributed by atoms with van der Waals surface area (Å²) in [6.45, 7) is 1.66. The zero-order chi connectivity index (χ0) is 17.4. The lowest BCUT2D eigenvalue weighted by molar-refractivity contribution is -0.127. The van der Waals surface area contributed by atoms with Gasteiger partial charge in [0.2, 0.25) is 5.91 Å². The molecule has 0 aromatic heterocycles. The molecule has 25 heavy (non-hydrogen) atoms. The zero-order valence-electron chi connectivity index (χ0n) is 13.8. The maximum atomic E-state index is 12.7. The van der Waals surface area contributed by atoms with Gasteiger partial charge in [0.15, 0.2) is 9.84 Å². The Morgan fingerprint density at radius 1 is 1.12 bits per heavy atom. The van der Waals surface area contributed by atoms with Crippen molar-refractivity contribution in [2.45, 2.75) is 29.8 Å². The number of amides is 1. The number of fused-ring (bicyclic) bond motifs is 1. The van der Waals surface area contributed by atoms with E-state index in [1.807, 2.05) is 18.2 Å². The fourth-order valence-corrected chi connectivity index (χ4v) is 4.58. The van der Waals surface area contributed by atoms with Crippen LogP contribution in [-0.4, -0.2) is 20.1 Å². The molecular weight excluding hydrogens is 360 g/mol. The fraction of sp³-hybridized carbons (Fsp3) is 0.278. The van der Waals surface area contributed by atoms with Crippen molar-refractivity contribution >= 4 is 28.2 Å². The largest absolute Gasteiger partial charge is 0.347 e. The summed E-state index contributed by atoms with van der Waals surface area (Å²) < 4.78 is 24.4. The number of hydrogen-bond donors (Lipinski definition) is 2. The van der Waals surface area contributed by atoms with Gasteiger partial charge >= 0.3 is 0 Å². The molecule has 0 radical (unpaired) electrons. The molecule has 1 heterocycles. The number of hydrogen-bond acceptors (Lipinski definition) is 4.